The predicted octanol–water partition coefficient (Wildman–Crippen LogP) is 8.39. The molecule has 0 spiro atoms. The summed E-state index contributed by atoms with van der Waals surface area (Å²) in [6, 6.07) is 21.0. The number of rotatable bonds is 11. The molecule has 1 atom stereocenters. The van der Waals surface area contributed by atoms with Crippen molar-refractivity contribution in [3.05, 3.63) is 113 Å². The molecule has 11 heteroatoms. The summed E-state index contributed by atoms with van der Waals surface area (Å²) in [5.74, 6) is -0.712. The maximum atomic E-state index is 13.7. The summed E-state index contributed by atoms with van der Waals surface area (Å²) in [5.41, 5.74) is 4.07. The highest BCUT2D eigenvalue weighted by atomic mass is 35.5. The first kappa shape index (κ1) is 43.2. The average molecular weight is 737 g/mol. The van der Waals surface area contributed by atoms with Crippen LogP contribution in [0.25, 0.3) is 5.57 Å². The first-order valence-corrected chi connectivity index (χ1v) is 15.8. The van der Waals surface area contributed by atoms with Gasteiger partial charge in [0, 0.05) is 71.0 Å². The third kappa shape index (κ3) is 12.5. The summed E-state index contributed by atoms with van der Waals surface area (Å²) in [6.45, 7) is 14.8. The minimum Gasteiger partial charge on any atom is -0.301 e. The SMILES string of the molecule is CC(C)N1CCN(C(CN2CCN(CCCC=C(c3ccc(F)cc3)c3ccc(F)cc3)CC2)c2ccc(F)cc2)CC1.Cl.Cl.Cl.Cl. The minimum atomic E-state index is -0.265. The second-order valence-corrected chi connectivity index (χ2v) is 12.1. The van der Waals surface area contributed by atoms with Crippen LogP contribution in [-0.4, -0.2) is 91.1 Å². The van der Waals surface area contributed by atoms with Crippen molar-refractivity contribution < 1.29 is 13.2 Å². The molecule has 2 heterocycles. The van der Waals surface area contributed by atoms with Gasteiger partial charge >= 0.3 is 0 Å². The van der Waals surface area contributed by atoms with Crippen LogP contribution in [-0.2, 0) is 0 Å². The molecule has 3 aromatic carbocycles. The third-order valence-corrected chi connectivity index (χ3v) is 9.01. The van der Waals surface area contributed by atoms with E-state index in [9.17, 15) is 13.2 Å². The van der Waals surface area contributed by atoms with E-state index in [0.29, 0.717) is 6.04 Å². The standard InChI is InChI=1S/C36H45F3N4.4ClH/c1-28(2)42-23-25-43(26-24-42)36(31-10-16-34(39)17-11-31)27-41-21-19-40(20-22-41)18-4-3-5-35(29-6-12-32(37)13-7-29)30-8-14-33(38)15-9-30;;;;/h5-17,28,36H,3-4,18-27H2,1-2H3;4*1H. The van der Waals surface area contributed by atoms with Gasteiger partial charge in [0.05, 0.1) is 0 Å². The molecule has 2 fully saturated rings. The van der Waals surface area contributed by atoms with Crippen molar-refractivity contribution in [3.63, 3.8) is 0 Å². The number of halogens is 7. The molecule has 1 unspecified atom stereocenters. The van der Waals surface area contributed by atoms with Crippen molar-refractivity contribution in [2.24, 2.45) is 0 Å². The highest BCUT2D eigenvalue weighted by Gasteiger charge is 2.29. The Kier molecular flexibility index (Phi) is 19.6. The molecule has 2 aliphatic heterocycles. The van der Waals surface area contributed by atoms with E-state index < -0.39 is 0 Å². The number of allylic oxidation sites excluding steroid dienone is 1. The normalized spacial score (nSPS) is 16.6. The van der Waals surface area contributed by atoms with Crippen molar-refractivity contribution in [2.75, 3.05) is 65.4 Å². The number of benzene rings is 3. The van der Waals surface area contributed by atoms with Crippen molar-refractivity contribution in [2.45, 2.75) is 38.8 Å². The smallest absolute Gasteiger partial charge is 0.123 e. The molecular weight excluding hydrogens is 687 g/mol. The number of hydrogen-bond acceptors (Lipinski definition) is 4. The molecule has 262 valence electrons. The Bertz CT molecular complexity index is 1260. The van der Waals surface area contributed by atoms with Crippen molar-refractivity contribution in [3.8, 4) is 0 Å². The third-order valence-electron chi connectivity index (χ3n) is 9.01. The maximum absolute atomic E-state index is 13.7. The molecule has 0 bridgehead atoms. The van der Waals surface area contributed by atoms with Gasteiger partial charge in [0.2, 0.25) is 0 Å². The lowest BCUT2D eigenvalue weighted by molar-refractivity contribution is 0.0481. The van der Waals surface area contributed by atoms with E-state index in [0.717, 1.165) is 95.0 Å². The predicted molar refractivity (Wildman–Crippen MR) is 198 cm³/mol. The summed E-state index contributed by atoms with van der Waals surface area (Å²) in [4.78, 5) is 10.2. The highest BCUT2D eigenvalue weighted by molar-refractivity contribution is 5.86. The fourth-order valence-corrected chi connectivity index (χ4v) is 6.34. The van der Waals surface area contributed by atoms with Crippen LogP contribution in [0.5, 0.6) is 0 Å². The first-order chi connectivity index (χ1) is 20.9. The van der Waals surface area contributed by atoms with Gasteiger partial charge in [-0.3, -0.25) is 14.7 Å². The zero-order valence-electron chi connectivity index (χ0n) is 27.2. The van der Waals surface area contributed by atoms with Gasteiger partial charge in [0.15, 0.2) is 0 Å². The molecule has 0 amide bonds. The van der Waals surface area contributed by atoms with E-state index in [1.54, 1.807) is 36.4 Å². The Morgan fingerprint density at radius 2 is 1.02 bits per heavy atom. The monoisotopic (exact) mass is 734 g/mol. The quantitative estimate of drug-likeness (QED) is 0.184. The first-order valence-electron chi connectivity index (χ1n) is 15.8. The average Bonchev–Trinajstić information content (AvgIpc) is 3.02. The van der Waals surface area contributed by atoms with Crippen molar-refractivity contribution in [1.29, 1.82) is 0 Å². The molecule has 0 radical (unpaired) electrons. The van der Waals surface area contributed by atoms with Gasteiger partial charge in [-0.2, -0.15) is 0 Å². The summed E-state index contributed by atoms with van der Waals surface area (Å²) in [6.07, 6.45) is 4.10. The van der Waals surface area contributed by atoms with Crippen LogP contribution in [0, 0.1) is 17.5 Å². The molecule has 0 N–H and O–H groups in total. The largest absolute Gasteiger partial charge is 0.301 e. The molecule has 0 aromatic heterocycles. The molecular formula is C36H49Cl4F3N4. The number of unbranched alkanes of at least 4 members (excludes halogenated alkanes) is 1. The molecule has 2 saturated heterocycles. The lowest BCUT2D eigenvalue weighted by Gasteiger charge is -2.43. The molecule has 47 heavy (non-hydrogen) atoms. The van der Waals surface area contributed by atoms with E-state index in [-0.39, 0.29) is 73.1 Å². The highest BCUT2D eigenvalue weighted by Crippen LogP contribution is 2.27. The summed E-state index contributed by atoms with van der Waals surface area (Å²) < 4.78 is 40.9. The molecule has 0 aliphatic carbocycles. The number of piperazine rings is 2. The van der Waals surface area contributed by atoms with Crippen LogP contribution >= 0.6 is 49.6 Å². The van der Waals surface area contributed by atoms with Gasteiger partial charge < -0.3 is 4.90 Å². The molecule has 3 aromatic rings. The van der Waals surface area contributed by atoms with E-state index in [2.05, 4.69) is 39.5 Å². The molecule has 0 saturated carbocycles. The number of hydrogen-bond donors (Lipinski definition) is 0. The van der Waals surface area contributed by atoms with Crippen LogP contribution in [0.2, 0.25) is 0 Å². The van der Waals surface area contributed by atoms with Gasteiger partial charge in [-0.1, -0.05) is 42.5 Å². The zero-order chi connectivity index (χ0) is 30.2. The van der Waals surface area contributed by atoms with Crippen molar-refractivity contribution >= 4 is 55.2 Å². The Morgan fingerprint density at radius 1 is 0.596 bits per heavy atom. The lowest BCUT2D eigenvalue weighted by Crippen LogP contribution is -2.53. The van der Waals surface area contributed by atoms with Crippen LogP contribution in [0.1, 0.15) is 49.4 Å². The van der Waals surface area contributed by atoms with Gasteiger partial charge in [0.25, 0.3) is 0 Å². The second-order valence-electron chi connectivity index (χ2n) is 12.1. The lowest BCUT2D eigenvalue weighted by atomic mass is 9.96. The summed E-state index contributed by atoms with van der Waals surface area (Å²) in [7, 11) is 0. The molecule has 4 nitrogen and oxygen atoms in total. The van der Waals surface area contributed by atoms with Crippen LogP contribution < -0.4 is 0 Å². The Hall–Kier alpha value is -1.81. The van der Waals surface area contributed by atoms with Crippen LogP contribution in [0.4, 0.5) is 13.2 Å². The fraction of sp³-hybridized carbons (Fsp3) is 0.444. The van der Waals surface area contributed by atoms with Crippen LogP contribution in [0.15, 0.2) is 78.9 Å². The Labute approximate surface area is 304 Å². The topological polar surface area (TPSA) is 13.0 Å². The van der Waals surface area contributed by atoms with Gasteiger partial charge in [-0.25, -0.2) is 13.2 Å². The zero-order valence-corrected chi connectivity index (χ0v) is 30.5. The van der Waals surface area contributed by atoms with Gasteiger partial charge in [-0.05, 0) is 91.9 Å². The van der Waals surface area contributed by atoms with Crippen LogP contribution in [0.3, 0.4) is 0 Å². The van der Waals surface area contributed by atoms with E-state index in [4.69, 9.17) is 0 Å². The van der Waals surface area contributed by atoms with Crippen molar-refractivity contribution in [1.82, 2.24) is 19.6 Å². The molecule has 2 aliphatic rings. The second kappa shape index (κ2) is 21.3. The van der Waals surface area contributed by atoms with E-state index >= 15 is 0 Å². The van der Waals surface area contributed by atoms with E-state index in [1.807, 2.05) is 12.1 Å². The fourth-order valence-electron chi connectivity index (χ4n) is 6.34. The summed E-state index contributed by atoms with van der Waals surface area (Å²) >= 11 is 0. The van der Waals surface area contributed by atoms with Gasteiger partial charge in [0.1, 0.15) is 17.5 Å². The minimum absolute atomic E-state index is 0. The maximum Gasteiger partial charge on any atom is 0.123 e. The number of nitrogens with zero attached hydrogens (tertiary/aromatic N) is 4. The summed E-state index contributed by atoms with van der Waals surface area (Å²) in [5, 5.41) is 0. The molecule has 5 rings (SSSR count). The van der Waals surface area contributed by atoms with Gasteiger partial charge in [-0.15, -0.1) is 49.6 Å². The van der Waals surface area contributed by atoms with E-state index in [1.165, 1.54) is 29.8 Å². The Balaban J connectivity index is 0.00000276. The Morgan fingerprint density at radius 3 is 1.49 bits per heavy atom.